The van der Waals surface area contributed by atoms with E-state index in [0.29, 0.717) is 23.9 Å². The van der Waals surface area contributed by atoms with Crippen LogP contribution >= 0.6 is 0 Å². The molecule has 3 aliphatic rings. The van der Waals surface area contributed by atoms with E-state index in [0.717, 1.165) is 44.6 Å². The van der Waals surface area contributed by atoms with E-state index in [1.165, 1.54) is 12.8 Å². The van der Waals surface area contributed by atoms with Crippen LogP contribution in [0.2, 0.25) is 0 Å². The van der Waals surface area contributed by atoms with Crippen molar-refractivity contribution in [3.8, 4) is 0 Å². The van der Waals surface area contributed by atoms with Crippen molar-refractivity contribution in [2.24, 2.45) is 0 Å². The molecule has 1 saturated heterocycles. The molecule has 0 radical (unpaired) electrons. The molecule has 2 aromatic heterocycles. The van der Waals surface area contributed by atoms with Crippen LogP contribution in [0.25, 0.3) is 0 Å². The lowest BCUT2D eigenvalue weighted by Gasteiger charge is -2.39. The number of hydrogen-bond acceptors (Lipinski definition) is 6. The van der Waals surface area contributed by atoms with Crippen LogP contribution in [0.4, 0.5) is 11.6 Å². The Morgan fingerprint density at radius 2 is 1.73 bits per heavy atom. The minimum atomic E-state index is 0.0725. The lowest BCUT2D eigenvalue weighted by molar-refractivity contribution is 0.455. The van der Waals surface area contributed by atoms with Gasteiger partial charge in [-0.05, 0) is 44.6 Å². The molecule has 0 amide bonds. The Kier molecular flexibility index (Phi) is 3.87. The molecule has 5 rings (SSSR count). The molecule has 3 heterocycles. The first-order valence-corrected chi connectivity index (χ1v) is 9.68. The van der Waals surface area contributed by atoms with Crippen LogP contribution in [0.5, 0.6) is 0 Å². The SMILES string of the molecule is O=c1c(N2CCC(N(c3ccncn3)C3CC3)CC2)nccn1C1CC1. The van der Waals surface area contributed by atoms with Crippen LogP contribution in [-0.2, 0) is 0 Å². The van der Waals surface area contributed by atoms with Crippen LogP contribution < -0.4 is 15.4 Å². The number of anilines is 2. The average molecular weight is 352 g/mol. The molecule has 0 aromatic carbocycles. The summed E-state index contributed by atoms with van der Waals surface area (Å²) >= 11 is 0. The Morgan fingerprint density at radius 1 is 0.962 bits per heavy atom. The number of hydrogen-bond donors (Lipinski definition) is 0. The molecule has 0 N–H and O–H groups in total. The normalized spacial score (nSPS) is 21.0. The molecule has 2 saturated carbocycles. The second kappa shape index (κ2) is 6.37. The van der Waals surface area contributed by atoms with Gasteiger partial charge >= 0.3 is 0 Å². The molecular weight excluding hydrogens is 328 g/mol. The first-order chi connectivity index (χ1) is 12.8. The lowest BCUT2D eigenvalue weighted by Crippen LogP contribution is -2.48. The molecule has 2 aliphatic carbocycles. The first-order valence-electron chi connectivity index (χ1n) is 9.68. The average Bonchev–Trinajstić information content (AvgIpc) is 3.58. The smallest absolute Gasteiger partial charge is 0.293 e. The summed E-state index contributed by atoms with van der Waals surface area (Å²) in [5.41, 5.74) is 0.0725. The van der Waals surface area contributed by atoms with Crippen molar-refractivity contribution in [2.75, 3.05) is 22.9 Å². The van der Waals surface area contributed by atoms with Crippen molar-refractivity contribution < 1.29 is 0 Å². The second-order valence-electron chi connectivity index (χ2n) is 7.62. The maximum absolute atomic E-state index is 12.7. The van der Waals surface area contributed by atoms with Gasteiger partial charge in [-0.15, -0.1) is 0 Å². The third kappa shape index (κ3) is 2.95. The lowest BCUT2D eigenvalue weighted by atomic mass is 10.0. The number of nitrogens with zero attached hydrogens (tertiary/aromatic N) is 6. The summed E-state index contributed by atoms with van der Waals surface area (Å²) in [6, 6.07) is 3.49. The fraction of sp³-hybridized carbons (Fsp3) is 0.579. The molecular formula is C19H24N6O. The first kappa shape index (κ1) is 15.8. The van der Waals surface area contributed by atoms with Gasteiger partial charge in [-0.25, -0.2) is 15.0 Å². The molecule has 3 fully saturated rings. The highest BCUT2D eigenvalue weighted by molar-refractivity contribution is 5.43. The molecule has 0 spiro atoms. The van der Waals surface area contributed by atoms with Gasteiger partial charge in [0.2, 0.25) is 0 Å². The predicted molar refractivity (Wildman–Crippen MR) is 99.5 cm³/mol. The summed E-state index contributed by atoms with van der Waals surface area (Å²) in [5.74, 6) is 1.66. The van der Waals surface area contributed by atoms with E-state index in [1.807, 2.05) is 23.0 Å². The summed E-state index contributed by atoms with van der Waals surface area (Å²) in [4.78, 5) is 30.3. The Hall–Kier alpha value is -2.44. The van der Waals surface area contributed by atoms with Gasteiger partial charge in [0, 0.05) is 49.8 Å². The molecule has 1 aliphatic heterocycles. The fourth-order valence-corrected chi connectivity index (χ4v) is 4.09. The summed E-state index contributed by atoms with van der Waals surface area (Å²) in [5, 5.41) is 0. The highest BCUT2D eigenvalue weighted by Gasteiger charge is 2.37. The van der Waals surface area contributed by atoms with Gasteiger partial charge in [0.05, 0.1) is 0 Å². The quantitative estimate of drug-likeness (QED) is 0.820. The van der Waals surface area contributed by atoms with Crippen molar-refractivity contribution in [3.05, 3.63) is 41.3 Å². The molecule has 26 heavy (non-hydrogen) atoms. The van der Waals surface area contributed by atoms with Crippen LogP contribution in [0.1, 0.15) is 44.6 Å². The number of piperidine rings is 1. The van der Waals surface area contributed by atoms with Crippen LogP contribution in [0, 0.1) is 0 Å². The Morgan fingerprint density at radius 3 is 2.38 bits per heavy atom. The van der Waals surface area contributed by atoms with Gasteiger partial charge in [-0.2, -0.15) is 0 Å². The second-order valence-corrected chi connectivity index (χ2v) is 7.62. The third-order valence-electron chi connectivity index (χ3n) is 5.72. The minimum Gasteiger partial charge on any atom is -0.352 e. The van der Waals surface area contributed by atoms with E-state index in [2.05, 4.69) is 24.8 Å². The van der Waals surface area contributed by atoms with E-state index in [1.54, 1.807) is 12.5 Å². The van der Waals surface area contributed by atoms with Gasteiger partial charge in [0.25, 0.3) is 5.56 Å². The van der Waals surface area contributed by atoms with Crippen LogP contribution in [-0.4, -0.2) is 44.7 Å². The predicted octanol–water partition coefficient (Wildman–Crippen LogP) is 2.01. The van der Waals surface area contributed by atoms with Gasteiger partial charge in [0.15, 0.2) is 5.82 Å². The highest BCUT2D eigenvalue weighted by Crippen LogP contribution is 2.36. The van der Waals surface area contributed by atoms with Crippen molar-refractivity contribution >= 4 is 11.6 Å². The van der Waals surface area contributed by atoms with Crippen molar-refractivity contribution in [3.63, 3.8) is 0 Å². The number of aromatic nitrogens is 4. The summed E-state index contributed by atoms with van der Waals surface area (Å²) in [7, 11) is 0. The largest absolute Gasteiger partial charge is 0.352 e. The summed E-state index contributed by atoms with van der Waals surface area (Å²) in [6.07, 6.45) is 13.8. The molecule has 7 heteroatoms. The summed E-state index contributed by atoms with van der Waals surface area (Å²) in [6.45, 7) is 1.74. The van der Waals surface area contributed by atoms with Gasteiger partial charge in [0.1, 0.15) is 12.1 Å². The Balaban J connectivity index is 1.32. The fourth-order valence-electron chi connectivity index (χ4n) is 4.09. The van der Waals surface area contributed by atoms with Gasteiger partial charge < -0.3 is 14.4 Å². The van der Waals surface area contributed by atoms with E-state index in [9.17, 15) is 4.79 Å². The molecule has 0 bridgehead atoms. The Bertz CT molecular complexity index is 821. The van der Waals surface area contributed by atoms with Crippen LogP contribution in [0.15, 0.2) is 35.8 Å². The zero-order valence-electron chi connectivity index (χ0n) is 14.9. The van der Waals surface area contributed by atoms with Gasteiger partial charge in [-0.3, -0.25) is 4.79 Å². The van der Waals surface area contributed by atoms with Crippen molar-refractivity contribution in [2.45, 2.75) is 56.7 Å². The molecule has 136 valence electrons. The topological polar surface area (TPSA) is 67.2 Å². The van der Waals surface area contributed by atoms with Crippen LogP contribution in [0.3, 0.4) is 0 Å². The van der Waals surface area contributed by atoms with Crippen molar-refractivity contribution in [1.29, 1.82) is 0 Å². The minimum absolute atomic E-state index is 0.0725. The molecule has 2 aromatic rings. The number of rotatable bonds is 5. The molecule has 7 nitrogen and oxygen atoms in total. The van der Waals surface area contributed by atoms with E-state index < -0.39 is 0 Å². The van der Waals surface area contributed by atoms with Gasteiger partial charge in [-0.1, -0.05) is 0 Å². The van der Waals surface area contributed by atoms with E-state index in [-0.39, 0.29) is 5.56 Å². The van der Waals surface area contributed by atoms with E-state index in [4.69, 9.17) is 0 Å². The zero-order valence-corrected chi connectivity index (χ0v) is 14.9. The molecule has 0 atom stereocenters. The standard InChI is InChI=1S/C19H24N6O/c26-19-18(21-9-12-24(19)14-1-2-14)23-10-6-16(7-11-23)25(15-3-4-15)17-5-8-20-13-22-17/h5,8-9,12-16H,1-4,6-7,10-11H2. The monoisotopic (exact) mass is 352 g/mol. The van der Waals surface area contributed by atoms with E-state index >= 15 is 0 Å². The van der Waals surface area contributed by atoms with Crippen molar-refractivity contribution in [1.82, 2.24) is 19.5 Å². The third-order valence-corrected chi connectivity index (χ3v) is 5.72. The zero-order chi connectivity index (χ0) is 17.5. The molecule has 0 unspecified atom stereocenters. The maximum atomic E-state index is 12.7. The highest BCUT2D eigenvalue weighted by atomic mass is 16.1. The summed E-state index contributed by atoms with van der Waals surface area (Å²) < 4.78 is 1.87. The Labute approximate surface area is 152 Å². The maximum Gasteiger partial charge on any atom is 0.293 e.